The molecule has 0 radical (unpaired) electrons. The molecule has 3 atom stereocenters. The summed E-state index contributed by atoms with van der Waals surface area (Å²) in [7, 11) is 2.01. The summed E-state index contributed by atoms with van der Waals surface area (Å²) < 4.78 is 8.27. The number of piperidine rings is 1. The van der Waals surface area contributed by atoms with Crippen LogP contribution in [-0.4, -0.2) is 49.7 Å². The number of carbonyl (C=O) groups is 1. The highest BCUT2D eigenvalue weighted by Gasteiger charge is 2.42. The van der Waals surface area contributed by atoms with Crippen LogP contribution in [0.2, 0.25) is 0 Å². The summed E-state index contributed by atoms with van der Waals surface area (Å²) in [5.41, 5.74) is 1.88. The number of hydrogen-bond acceptors (Lipinski definition) is 4. The van der Waals surface area contributed by atoms with E-state index < -0.39 is 0 Å². The van der Waals surface area contributed by atoms with E-state index in [0.717, 1.165) is 47.5 Å². The number of ether oxygens (including phenoxy) is 1. The minimum atomic E-state index is -0.0688. The first-order valence-corrected chi connectivity index (χ1v) is 9.47. The molecule has 7 nitrogen and oxygen atoms in total. The number of aromatic amines is 1. The number of likely N-dealkylation sites (tertiary alicyclic amines) is 1. The predicted octanol–water partition coefficient (Wildman–Crippen LogP) is 2.60. The van der Waals surface area contributed by atoms with E-state index in [-0.39, 0.29) is 18.1 Å². The highest BCUT2D eigenvalue weighted by atomic mass is 16.5. The molecule has 4 heterocycles. The molecule has 2 aromatic heterocycles. The Balaban J connectivity index is 1.31. The van der Waals surface area contributed by atoms with Gasteiger partial charge in [-0.2, -0.15) is 5.10 Å². The fraction of sp³-hybridized carbons (Fsp3) is 0.450. The van der Waals surface area contributed by atoms with Crippen LogP contribution in [0.5, 0.6) is 0 Å². The molecule has 0 aliphatic carbocycles. The van der Waals surface area contributed by atoms with Crippen molar-refractivity contribution in [3.63, 3.8) is 0 Å². The molecule has 0 bridgehead atoms. The summed E-state index contributed by atoms with van der Waals surface area (Å²) in [5, 5.41) is 8.22. The Bertz CT molecular complexity index is 1010. The Morgan fingerprint density at radius 2 is 2.22 bits per heavy atom. The van der Waals surface area contributed by atoms with Gasteiger partial charge in [0.2, 0.25) is 0 Å². The lowest BCUT2D eigenvalue weighted by atomic mass is 9.91. The van der Waals surface area contributed by atoms with Gasteiger partial charge in [-0.05, 0) is 49.9 Å². The third kappa shape index (κ3) is 2.82. The number of aromatic nitrogens is 4. The van der Waals surface area contributed by atoms with Crippen molar-refractivity contribution in [2.75, 3.05) is 13.1 Å². The largest absolute Gasteiger partial charge is 0.365 e. The normalized spacial score (nSPS) is 25.1. The molecule has 2 aliphatic heterocycles. The van der Waals surface area contributed by atoms with Crippen molar-refractivity contribution < 1.29 is 9.53 Å². The molecule has 0 saturated carbocycles. The Kier molecular flexibility index (Phi) is 3.79. The minimum absolute atomic E-state index is 0.0620. The van der Waals surface area contributed by atoms with Crippen LogP contribution in [-0.2, 0) is 11.8 Å². The van der Waals surface area contributed by atoms with Gasteiger partial charge in [-0.15, -0.1) is 0 Å². The molecule has 1 aromatic carbocycles. The molecule has 0 spiro atoms. The fourth-order valence-electron chi connectivity index (χ4n) is 4.38. The molecular weight excluding hydrogens is 342 g/mol. The standard InChI is InChI=1S/C20H23N5O2/c1-12-21-19(23-22-12)17-10-14-6-8-25(11-18(14)27-17)20(26)15-3-4-16-13(9-15)5-7-24(16)2/h3-5,7,9,14,17-18H,6,8,10-11H2,1-2H3,(H,21,22,23)/t14?,17-,18-/m1/s1. The average Bonchev–Trinajstić information content (AvgIpc) is 3.38. The van der Waals surface area contributed by atoms with Crippen molar-refractivity contribution in [1.29, 1.82) is 0 Å². The molecule has 1 N–H and O–H groups in total. The zero-order valence-corrected chi connectivity index (χ0v) is 15.6. The van der Waals surface area contributed by atoms with Crippen LogP contribution in [0.1, 0.15) is 41.0 Å². The summed E-state index contributed by atoms with van der Waals surface area (Å²) in [6.07, 6.45) is 3.90. The first-order chi connectivity index (χ1) is 13.1. The topological polar surface area (TPSA) is 76.0 Å². The molecular formula is C20H23N5O2. The first-order valence-electron chi connectivity index (χ1n) is 9.47. The van der Waals surface area contributed by atoms with E-state index in [2.05, 4.69) is 19.7 Å². The van der Waals surface area contributed by atoms with Gasteiger partial charge in [0.25, 0.3) is 5.91 Å². The van der Waals surface area contributed by atoms with Crippen molar-refractivity contribution in [2.24, 2.45) is 13.0 Å². The van der Waals surface area contributed by atoms with E-state index in [1.54, 1.807) is 0 Å². The molecule has 2 aliphatic rings. The smallest absolute Gasteiger partial charge is 0.253 e. The SMILES string of the molecule is Cc1nc([C@H]2CC3CCN(C(=O)c4ccc5c(ccn5C)c4)C[C@H]3O2)n[nH]1. The molecule has 1 unspecified atom stereocenters. The number of fused-ring (bicyclic) bond motifs is 2. The van der Waals surface area contributed by atoms with Crippen LogP contribution in [0.4, 0.5) is 0 Å². The van der Waals surface area contributed by atoms with Crippen LogP contribution in [0, 0.1) is 12.8 Å². The van der Waals surface area contributed by atoms with Crippen LogP contribution >= 0.6 is 0 Å². The molecule has 140 valence electrons. The van der Waals surface area contributed by atoms with Crippen molar-refractivity contribution in [3.8, 4) is 0 Å². The van der Waals surface area contributed by atoms with E-state index in [4.69, 9.17) is 4.74 Å². The monoisotopic (exact) mass is 365 g/mol. The Hall–Kier alpha value is -2.67. The summed E-state index contributed by atoms with van der Waals surface area (Å²) in [6.45, 7) is 3.30. The Labute approximate surface area is 157 Å². The molecule has 2 saturated heterocycles. The number of carbonyl (C=O) groups excluding carboxylic acids is 1. The second-order valence-corrected chi connectivity index (χ2v) is 7.68. The van der Waals surface area contributed by atoms with Gasteiger partial charge in [-0.1, -0.05) is 0 Å². The second-order valence-electron chi connectivity index (χ2n) is 7.68. The van der Waals surface area contributed by atoms with Crippen LogP contribution in [0.3, 0.4) is 0 Å². The highest BCUT2D eigenvalue weighted by molar-refractivity contribution is 5.98. The number of rotatable bonds is 2. The summed E-state index contributed by atoms with van der Waals surface area (Å²) in [5.74, 6) is 2.08. The van der Waals surface area contributed by atoms with Crippen molar-refractivity contribution >= 4 is 16.8 Å². The predicted molar refractivity (Wildman–Crippen MR) is 100 cm³/mol. The molecule has 1 amide bonds. The Morgan fingerprint density at radius 3 is 3.04 bits per heavy atom. The lowest BCUT2D eigenvalue weighted by Gasteiger charge is -2.34. The van der Waals surface area contributed by atoms with Crippen LogP contribution in [0.25, 0.3) is 10.9 Å². The maximum Gasteiger partial charge on any atom is 0.253 e. The van der Waals surface area contributed by atoms with E-state index in [1.165, 1.54) is 0 Å². The third-order valence-corrected chi connectivity index (χ3v) is 5.87. The highest BCUT2D eigenvalue weighted by Crippen LogP contribution is 2.40. The fourth-order valence-corrected chi connectivity index (χ4v) is 4.38. The number of nitrogens with one attached hydrogen (secondary N) is 1. The number of nitrogens with zero attached hydrogens (tertiary/aromatic N) is 4. The molecule has 7 heteroatoms. The lowest BCUT2D eigenvalue weighted by molar-refractivity contribution is -0.00682. The average molecular weight is 365 g/mol. The van der Waals surface area contributed by atoms with Gasteiger partial charge in [-0.3, -0.25) is 9.89 Å². The summed E-state index contributed by atoms with van der Waals surface area (Å²) in [4.78, 5) is 19.4. The van der Waals surface area contributed by atoms with E-state index >= 15 is 0 Å². The van der Waals surface area contributed by atoms with Gasteiger partial charge < -0.3 is 14.2 Å². The van der Waals surface area contributed by atoms with Gasteiger partial charge in [0.1, 0.15) is 11.9 Å². The zero-order valence-electron chi connectivity index (χ0n) is 15.6. The van der Waals surface area contributed by atoms with Crippen LogP contribution < -0.4 is 0 Å². The van der Waals surface area contributed by atoms with Gasteiger partial charge in [-0.25, -0.2) is 4.98 Å². The number of benzene rings is 1. The summed E-state index contributed by atoms with van der Waals surface area (Å²) in [6, 6.07) is 7.97. The van der Waals surface area contributed by atoms with Crippen molar-refractivity contribution in [3.05, 3.63) is 47.7 Å². The zero-order chi connectivity index (χ0) is 18.5. The van der Waals surface area contributed by atoms with Crippen molar-refractivity contribution in [1.82, 2.24) is 24.6 Å². The number of amides is 1. The maximum atomic E-state index is 13.0. The Morgan fingerprint density at radius 1 is 1.33 bits per heavy atom. The molecule has 3 aromatic rings. The number of H-pyrrole nitrogens is 1. The van der Waals surface area contributed by atoms with Gasteiger partial charge in [0.15, 0.2) is 5.82 Å². The van der Waals surface area contributed by atoms with E-state index in [9.17, 15) is 4.79 Å². The molecule has 2 fully saturated rings. The number of aryl methyl sites for hydroxylation is 2. The van der Waals surface area contributed by atoms with Crippen LogP contribution in [0.15, 0.2) is 30.5 Å². The molecule has 27 heavy (non-hydrogen) atoms. The second kappa shape index (κ2) is 6.20. The van der Waals surface area contributed by atoms with Gasteiger partial charge >= 0.3 is 0 Å². The van der Waals surface area contributed by atoms with E-state index in [1.807, 2.05) is 49.3 Å². The van der Waals surface area contributed by atoms with Gasteiger partial charge in [0.05, 0.1) is 6.10 Å². The first kappa shape index (κ1) is 16.5. The number of hydrogen-bond donors (Lipinski definition) is 1. The molecule has 5 rings (SSSR count). The lowest BCUT2D eigenvalue weighted by Crippen LogP contribution is -2.45. The minimum Gasteiger partial charge on any atom is -0.365 e. The van der Waals surface area contributed by atoms with E-state index in [0.29, 0.717) is 12.5 Å². The third-order valence-electron chi connectivity index (χ3n) is 5.87. The summed E-state index contributed by atoms with van der Waals surface area (Å²) >= 11 is 0. The van der Waals surface area contributed by atoms with Crippen molar-refractivity contribution in [2.45, 2.75) is 32.0 Å². The maximum absolute atomic E-state index is 13.0. The van der Waals surface area contributed by atoms with Gasteiger partial charge in [0, 0.05) is 42.8 Å². The quantitative estimate of drug-likeness (QED) is 0.757.